The molecule has 0 aliphatic carbocycles. The maximum absolute atomic E-state index is 12.6. The molecule has 3 rings (SSSR count). The zero-order valence-electron chi connectivity index (χ0n) is 14.7. The fourth-order valence-electron chi connectivity index (χ4n) is 3.00. The Kier molecular flexibility index (Phi) is 6.84. The molecule has 1 aromatic carbocycles. The molecule has 0 spiro atoms. The molecule has 1 aromatic heterocycles. The fourth-order valence-corrected chi connectivity index (χ4v) is 3.00. The van der Waals surface area contributed by atoms with Crippen LogP contribution in [-0.2, 0) is 19.4 Å². The summed E-state index contributed by atoms with van der Waals surface area (Å²) in [6.45, 7) is 2.35. The summed E-state index contributed by atoms with van der Waals surface area (Å²) in [5, 5.41) is 10.5. The van der Waals surface area contributed by atoms with Gasteiger partial charge in [0.05, 0.1) is 7.11 Å². The lowest BCUT2D eigenvalue weighted by atomic mass is 10.1. The molecule has 1 amide bonds. The van der Waals surface area contributed by atoms with Gasteiger partial charge in [-0.25, -0.2) is 0 Å². The Hall–Kier alpha value is -2.05. The first-order chi connectivity index (χ1) is 11.7. The maximum atomic E-state index is 12.6. The lowest BCUT2D eigenvalue weighted by Gasteiger charge is -2.18. The summed E-state index contributed by atoms with van der Waals surface area (Å²) in [7, 11) is 3.51. The van der Waals surface area contributed by atoms with E-state index in [0.29, 0.717) is 18.8 Å². The molecule has 25 heavy (non-hydrogen) atoms. The normalized spacial score (nSPS) is 12.9. The Balaban J connectivity index is 0.00000225. The molecule has 0 unspecified atom stereocenters. The largest absolute Gasteiger partial charge is 0.497 e. The minimum absolute atomic E-state index is 0. The zero-order chi connectivity index (χ0) is 16.9. The Morgan fingerprint density at radius 2 is 2.08 bits per heavy atom. The van der Waals surface area contributed by atoms with Crippen LogP contribution in [0.2, 0.25) is 0 Å². The predicted molar refractivity (Wildman–Crippen MR) is 99.5 cm³/mol. The molecule has 7 heteroatoms. The van der Waals surface area contributed by atoms with Gasteiger partial charge in [0.25, 0.3) is 5.91 Å². The van der Waals surface area contributed by atoms with E-state index in [1.165, 1.54) is 5.56 Å². The topological polar surface area (TPSA) is 70.2 Å². The van der Waals surface area contributed by atoms with Gasteiger partial charge >= 0.3 is 0 Å². The monoisotopic (exact) mass is 364 g/mol. The minimum Gasteiger partial charge on any atom is -0.497 e. The minimum atomic E-state index is -0.00840. The number of aryl methyl sites for hydroxylation is 1. The van der Waals surface area contributed by atoms with Crippen molar-refractivity contribution in [3.63, 3.8) is 0 Å². The van der Waals surface area contributed by atoms with Crippen molar-refractivity contribution in [1.29, 1.82) is 0 Å². The third kappa shape index (κ3) is 4.52. The van der Waals surface area contributed by atoms with Gasteiger partial charge in [-0.1, -0.05) is 12.1 Å². The number of benzene rings is 1. The third-order valence-electron chi connectivity index (χ3n) is 4.47. The second-order valence-corrected chi connectivity index (χ2v) is 6.13. The summed E-state index contributed by atoms with van der Waals surface area (Å²) < 4.78 is 5.16. The van der Waals surface area contributed by atoms with Gasteiger partial charge in [-0.3, -0.25) is 9.89 Å². The number of nitrogens with zero attached hydrogens (tertiary/aromatic N) is 2. The Morgan fingerprint density at radius 3 is 2.80 bits per heavy atom. The van der Waals surface area contributed by atoms with E-state index >= 15 is 0 Å². The molecule has 1 aliphatic rings. The van der Waals surface area contributed by atoms with Crippen LogP contribution in [0.15, 0.2) is 24.3 Å². The van der Waals surface area contributed by atoms with Gasteiger partial charge in [-0.2, -0.15) is 5.10 Å². The SMILES string of the molecule is COc1ccc(CCCN(C)C(=O)c2n[nH]c3c2CNCC3)cc1.Cl. The fraction of sp³-hybridized carbons (Fsp3) is 0.444. The average molecular weight is 365 g/mol. The third-order valence-corrected chi connectivity index (χ3v) is 4.47. The van der Waals surface area contributed by atoms with Gasteiger partial charge in [0, 0.05) is 44.4 Å². The number of H-pyrrole nitrogens is 1. The smallest absolute Gasteiger partial charge is 0.274 e. The van der Waals surface area contributed by atoms with Crippen LogP contribution in [0.4, 0.5) is 0 Å². The number of ether oxygens (including phenoxy) is 1. The van der Waals surface area contributed by atoms with E-state index in [0.717, 1.165) is 42.8 Å². The van der Waals surface area contributed by atoms with Gasteiger partial charge in [0.2, 0.25) is 0 Å². The number of nitrogens with one attached hydrogen (secondary N) is 2. The summed E-state index contributed by atoms with van der Waals surface area (Å²) in [5.41, 5.74) is 3.92. The maximum Gasteiger partial charge on any atom is 0.274 e. The molecular formula is C18H25ClN4O2. The summed E-state index contributed by atoms with van der Waals surface area (Å²) in [5.74, 6) is 0.855. The summed E-state index contributed by atoms with van der Waals surface area (Å²) in [6.07, 6.45) is 2.75. The van der Waals surface area contributed by atoms with E-state index < -0.39 is 0 Å². The van der Waals surface area contributed by atoms with Crippen molar-refractivity contribution in [3.8, 4) is 5.75 Å². The molecular weight excluding hydrogens is 340 g/mol. The zero-order valence-corrected chi connectivity index (χ0v) is 15.5. The van der Waals surface area contributed by atoms with Gasteiger partial charge in [-0.15, -0.1) is 12.4 Å². The summed E-state index contributed by atoms with van der Waals surface area (Å²) >= 11 is 0. The van der Waals surface area contributed by atoms with Crippen molar-refractivity contribution in [2.24, 2.45) is 0 Å². The van der Waals surface area contributed by atoms with Crippen LogP contribution in [-0.4, -0.2) is 48.3 Å². The summed E-state index contributed by atoms with van der Waals surface area (Å²) in [6, 6.07) is 8.06. The van der Waals surface area contributed by atoms with E-state index in [9.17, 15) is 4.79 Å². The number of aromatic amines is 1. The first-order valence-electron chi connectivity index (χ1n) is 8.34. The number of carbonyl (C=O) groups is 1. The second-order valence-electron chi connectivity index (χ2n) is 6.13. The van der Waals surface area contributed by atoms with Crippen molar-refractivity contribution in [3.05, 3.63) is 46.8 Å². The van der Waals surface area contributed by atoms with E-state index in [1.807, 2.05) is 19.2 Å². The van der Waals surface area contributed by atoms with Gasteiger partial charge in [-0.05, 0) is 30.5 Å². The van der Waals surface area contributed by atoms with Crippen molar-refractivity contribution in [2.75, 3.05) is 27.2 Å². The summed E-state index contributed by atoms with van der Waals surface area (Å²) in [4.78, 5) is 14.4. The van der Waals surface area contributed by atoms with Crippen LogP contribution in [0.1, 0.15) is 33.7 Å². The average Bonchev–Trinajstić information content (AvgIpc) is 3.05. The number of fused-ring (bicyclic) bond motifs is 1. The number of aromatic nitrogens is 2. The number of hydrogen-bond acceptors (Lipinski definition) is 4. The van der Waals surface area contributed by atoms with Crippen LogP contribution >= 0.6 is 12.4 Å². The molecule has 0 fully saturated rings. The number of hydrogen-bond donors (Lipinski definition) is 2. The standard InChI is InChI=1S/C18H24N4O2.ClH/c1-22(11-3-4-13-5-7-14(24-2)8-6-13)18(23)17-15-12-19-10-9-16(15)20-21-17;/h5-8,19H,3-4,9-12H2,1-2H3,(H,20,21);1H. The van der Waals surface area contributed by atoms with Crippen molar-refractivity contribution >= 4 is 18.3 Å². The number of halogens is 1. The highest BCUT2D eigenvalue weighted by atomic mass is 35.5. The molecule has 2 heterocycles. The van der Waals surface area contributed by atoms with Crippen molar-refractivity contribution in [2.45, 2.75) is 25.8 Å². The number of methoxy groups -OCH3 is 1. The molecule has 2 N–H and O–H groups in total. The van der Waals surface area contributed by atoms with Crippen LogP contribution in [0.5, 0.6) is 5.75 Å². The molecule has 0 atom stereocenters. The van der Waals surface area contributed by atoms with E-state index in [2.05, 4.69) is 27.6 Å². The molecule has 0 bridgehead atoms. The molecule has 0 saturated carbocycles. The van der Waals surface area contributed by atoms with E-state index in [4.69, 9.17) is 4.74 Å². The molecule has 0 radical (unpaired) electrons. The van der Waals surface area contributed by atoms with Crippen LogP contribution in [0.3, 0.4) is 0 Å². The lowest BCUT2D eigenvalue weighted by molar-refractivity contribution is 0.0786. The van der Waals surface area contributed by atoms with Gasteiger partial charge in [0.15, 0.2) is 5.69 Å². The van der Waals surface area contributed by atoms with Gasteiger partial charge < -0.3 is 15.0 Å². The lowest BCUT2D eigenvalue weighted by Crippen LogP contribution is -2.31. The van der Waals surface area contributed by atoms with E-state index in [1.54, 1.807) is 12.0 Å². The highest BCUT2D eigenvalue weighted by Gasteiger charge is 2.23. The second kappa shape index (κ2) is 8.87. The van der Waals surface area contributed by atoms with Crippen LogP contribution in [0, 0.1) is 0 Å². The first-order valence-corrected chi connectivity index (χ1v) is 8.34. The molecule has 1 aliphatic heterocycles. The van der Waals surface area contributed by atoms with Crippen molar-refractivity contribution in [1.82, 2.24) is 20.4 Å². The molecule has 136 valence electrons. The number of rotatable bonds is 6. The molecule has 2 aromatic rings. The van der Waals surface area contributed by atoms with Crippen molar-refractivity contribution < 1.29 is 9.53 Å². The molecule has 6 nitrogen and oxygen atoms in total. The predicted octanol–water partition coefficient (Wildman–Crippen LogP) is 2.19. The van der Waals surface area contributed by atoms with Gasteiger partial charge in [0.1, 0.15) is 5.75 Å². The van der Waals surface area contributed by atoms with Crippen LogP contribution in [0.25, 0.3) is 0 Å². The number of amides is 1. The quantitative estimate of drug-likeness (QED) is 0.824. The Morgan fingerprint density at radius 1 is 1.32 bits per heavy atom. The van der Waals surface area contributed by atoms with Crippen LogP contribution < -0.4 is 10.1 Å². The molecule has 0 saturated heterocycles. The number of carbonyl (C=O) groups excluding carboxylic acids is 1. The Labute approximate surface area is 154 Å². The highest BCUT2D eigenvalue weighted by Crippen LogP contribution is 2.17. The highest BCUT2D eigenvalue weighted by molar-refractivity contribution is 5.93. The first kappa shape index (κ1) is 19.3. The Bertz CT molecular complexity index is 700. The van der Waals surface area contributed by atoms with E-state index in [-0.39, 0.29) is 18.3 Å².